The van der Waals surface area contributed by atoms with Gasteiger partial charge in [-0.05, 0) is 30.2 Å². The normalized spacial score (nSPS) is 11.7. The molecule has 0 fully saturated rings. The number of pyridine rings is 2. The molecule has 4 rings (SSSR count). The van der Waals surface area contributed by atoms with Crippen LogP contribution in [0, 0.1) is 0 Å². The van der Waals surface area contributed by atoms with Crippen LogP contribution in [0.25, 0.3) is 22.3 Å². The number of nitrogens with one attached hydrogen (secondary N) is 2. The van der Waals surface area contributed by atoms with E-state index in [9.17, 15) is 4.79 Å². The van der Waals surface area contributed by atoms with Crippen molar-refractivity contribution >= 4 is 23.1 Å². The van der Waals surface area contributed by atoms with E-state index in [2.05, 4.69) is 37.7 Å². The fraction of sp³-hybridized carbons (Fsp3) is 0.136. The van der Waals surface area contributed by atoms with E-state index in [-0.39, 0.29) is 6.04 Å². The van der Waals surface area contributed by atoms with Crippen LogP contribution in [0.4, 0.5) is 5.82 Å². The number of hydrogen-bond donors (Lipinski definition) is 2. The molecule has 7 nitrogen and oxygen atoms in total. The lowest BCUT2D eigenvalue weighted by Gasteiger charge is -2.20. The number of nitrogens with zero attached hydrogens (tertiary/aromatic N) is 4. The maximum absolute atomic E-state index is 10.9. The van der Waals surface area contributed by atoms with Crippen LogP contribution in [0.15, 0.2) is 73.3 Å². The van der Waals surface area contributed by atoms with Gasteiger partial charge in [0.15, 0.2) is 5.82 Å². The second-order valence-electron chi connectivity index (χ2n) is 6.58. The first-order valence-corrected chi connectivity index (χ1v) is 9.33. The molecule has 3 aromatic heterocycles. The van der Waals surface area contributed by atoms with Crippen molar-refractivity contribution in [2.75, 3.05) is 11.9 Å². The average Bonchev–Trinajstić information content (AvgIpc) is 2.78. The van der Waals surface area contributed by atoms with Crippen molar-refractivity contribution in [2.24, 2.45) is 0 Å². The van der Waals surface area contributed by atoms with Gasteiger partial charge in [0.1, 0.15) is 5.82 Å². The molecule has 0 bridgehead atoms. The summed E-state index contributed by atoms with van der Waals surface area (Å²) in [5.74, 6) is 1.30. The molecule has 2 N–H and O–H groups in total. The van der Waals surface area contributed by atoms with Crippen molar-refractivity contribution in [2.45, 2.75) is 12.5 Å². The molecule has 0 unspecified atom stereocenters. The van der Waals surface area contributed by atoms with Gasteiger partial charge in [-0.25, -0.2) is 9.97 Å². The second kappa shape index (κ2) is 8.88. The molecular formula is C22H20N6O. The molecule has 0 spiro atoms. The van der Waals surface area contributed by atoms with Gasteiger partial charge in [0, 0.05) is 42.1 Å². The van der Waals surface area contributed by atoms with E-state index in [4.69, 9.17) is 4.98 Å². The van der Waals surface area contributed by atoms with Crippen LogP contribution in [-0.4, -0.2) is 38.9 Å². The fourth-order valence-electron chi connectivity index (χ4n) is 3.18. The Balaban J connectivity index is 1.71. The molecule has 29 heavy (non-hydrogen) atoms. The van der Waals surface area contributed by atoms with Crippen molar-refractivity contribution in [3.63, 3.8) is 0 Å². The lowest BCUT2D eigenvalue weighted by atomic mass is 10.1. The zero-order valence-electron chi connectivity index (χ0n) is 15.7. The van der Waals surface area contributed by atoms with Crippen LogP contribution < -0.4 is 10.6 Å². The van der Waals surface area contributed by atoms with Crippen molar-refractivity contribution in [1.82, 2.24) is 25.3 Å². The predicted octanol–water partition coefficient (Wildman–Crippen LogP) is 2.86. The van der Waals surface area contributed by atoms with E-state index < -0.39 is 0 Å². The summed E-state index contributed by atoms with van der Waals surface area (Å²) in [5, 5.41) is 7.15. The maximum Gasteiger partial charge on any atom is 0.207 e. The fourth-order valence-corrected chi connectivity index (χ4v) is 3.18. The zero-order valence-corrected chi connectivity index (χ0v) is 15.7. The molecule has 0 aliphatic heterocycles. The standard InChI is InChI=1S/C22H20N6O/c29-15-25-13-18(12-16-4-2-1-3-5-16)26-22-19-8-11-24-14-20(19)27-21(28-22)17-6-9-23-10-7-17/h1-11,14-15,18H,12-13H2,(H,25,29)(H,26,27,28)/t18-/m1/s1. The lowest BCUT2D eigenvalue weighted by molar-refractivity contribution is -0.109. The summed E-state index contributed by atoms with van der Waals surface area (Å²) in [6, 6.07) is 15.7. The lowest BCUT2D eigenvalue weighted by Crippen LogP contribution is -2.34. The highest BCUT2D eigenvalue weighted by Crippen LogP contribution is 2.25. The van der Waals surface area contributed by atoms with Crippen LogP contribution >= 0.6 is 0 Å². The third kappa shape index (κ3) is 4.52. The van der Waals surface area contributed by atoms with Gasteiger partial charge in [-0.2, -0.15) is 0 Å². The number of fused-ring (bicyclic) bond motifs is 1. The Hall–Kier alpha value is -3.87. The number of aromatic nitrogens is 4. The van der Waals surface area contributed by atoms with Gasteiger partial charge in [0.2, 0.25) is 6.41 Å². The van der Waals surface area contributed by atoms with Crippen molar-refractivity contribution in [3.05, 3.63) is 78.9 Å². The molecule has 7 heteroatoms. The summed E-state index contributed by atoms with van der Waals surface area (Å²) in [6.45, 7) is 0.472. The van der Waals surface area contributed by atoms with Crippen molar-refractivity contribution in [1.29, 1.82) is 0 Å². The second-order valence-corrected chi connectivity index (χ2v) is 6.58. The molecular weight excluding hydrogens is 364 g/mol. The topological polar surface area (TPSA) is 92.7 Å². The van der Waals surface area contributed by atoms with Crippen molar-refractivity contribution < 1.29 is 4.79 Å². The minimum atomic E-state index is -0.0424. The van der Waals surface area contributed by atoms with Crippen LogP contribution in [0.2, 0.25) is 0 Å². The maximum atomic E-state index is 10.9. The highest BCUT2D eigenvalue weighted by molar-refractivity contribution is 5.90. The summed E-state index contributed by atoms with van der Waals surface area (Å²) in [4.78, 5) is 28.6. The van der Waals surface area contributed by atoms with Crippen molar-refractivity contribution in [3.8, 4) is 11.4 Å². The van der Waals surface area contributed by atoms with Gasteiger partial charge in [0.25, 0.3) is 0 Å². The van der Waals surface area contributed by atoms with E-state index in [0.29, 0.717) is 24.6 Å². The van der Waals surface area contributed by atoms with E-state index in [1.54, 1.807) is 24.8 Å². The molecule has 4 aromatic rings. The quantitative estimate of drug-likeness (QED) is 0.454. The third-order valence-electron chi connectivity index (χ3n) is 4.55. The van der Waals surface area contributed by atoms with Crippen LogP contribution in [0.5, 0.6) is 0 Å². The van der Waals surface area contributed by atoms with Gasteiger partial charge >= 0.3 is 0 Å². The Morgan fingerprint density at radius 1 is 0.931 bits per heavy atom. The molecule has 0 saturated heterocycles. The van der Waals surface area contributed by atoms with Gasteiger partial charge in [-0.15, -0.1) is 0 Å². The number of amides is 1. The Bertz CT molecular complexity index is 1090. The average molecular weight is 384 g/mol. The Kier molecular flexibility index (Phi) is 5.66. The Labute approximate surface area is 168 Å². The van der Waals surface area contributed by atoms with Gasteiger partial charge in [0.05, 0.1) is 11.7 Å². The van der Waals surface area contributed by atoms with E-state index in [1.165, 1.54) is 5.56 Å². The number of rotatable bonds is 8. The molecule has 3 heterocycles. The van der Waals surface area contributed by atoms with Crippen LogP contribution in [0.3, 0.4) is 0 Å². The third-order valence-corrected chi connectivity index (χ3v) is 4.55. The first-order valence-electron chi connectivity index (χ1n) is 9.33. The Morgan fingerprint density at radius 3 is 2.52 bits per heavy atom. The van der Waals surface area contributed by atoms with Gasteiger partial charge in [-0.1, -0.05) is 30.3 Å². The summed E-state index contributed by atoms with van der Waals surface area (Å²) in [7, 11) is 0. The van der Waals surface area contributed by atoms with E-state index in [0.717, 1.165) is 22.9 Å². The number of anilines is 1. The molecule has 1 amide bonds. The molecule has 144 valence electrons. The highest BCUT2D eigenvalue weighted by Gasteiger charge is 2.15. The SMILES string of the molecule is O=CNC[C@@H](Cc1ccccc1)Nc1nc(-c2ccncc2)nc2cnccc12. The zero-order chi connectivity index (χ0) is 19.9. The summed E-state index contributed by atoms with van der Waals surface area (Å²) in [6.07, 6.45) is 8.32. The first-order chi connectivity index (χ1) is 14.3. The van der Waals surface area contributed by atoms with Gasteiger partial charge < -0.3 is 10.6 Å². The monoisotopic (exact) mass is 384 g/mol. The molecule has 0 radical (unpaired) electrons. The number of carbonyl (C=O) groups is 1. The molecule has 1 aromatic carbocycles. The minimum Gasteiger partial charge on any atom is -0.365 e. The molecule has 0 aliphatic carbocycles. The summed E-state index contributed by atoms with van der Waals surface area (Å²) < 4.78 is 0. The number of carbonyl (C=O) groups excluding carboxylic acids is 1. The molecule has 1 atom stereocenters. The number of hydrogen-bond acceptors (Lipinski definition) is 6. The highest BCUT2D eigenvalue weighted by atomic mass is 16.1. The van der Waals surface area contributed by atoms with Gasteiger partial charge in [-0.3, -0.25) is 14.8 Å². The summed E-state index contributed by atoms with van der Waals surface area (Å²) >= 11 is 0. The summed E-state index contributed by atoms with van der Waals surface area (Å²) in [5.41, 5.74) is 2.80. The minimum absolute atomic E-state index is 0.0424. The van der Waals surface area contributed by atoms with Crippen LogP contribution in [0.1, 0.15) is 5.56 Å². The van der Waals surface area contributed by atoms with Crippen LogP contribution in [-0.2, 0) is 11.2 Å². The first kappa shape index (κ1) is 18.5. The largest absolute Gasteiger partial charge is 0.365 e. The van der Waals surface area contributed by atoms with E-state index >= 15 is 0 Å². The number of benzene rings is 1. The predicted molar refractivity (Wildman–Crippen MR) is 112 cm³/mol. The Morgan fingerprint density at radius 2 is 1.72 bits per heavy atom. The molecule has 0 aliphatic rings. The van der Waals surface area contributed by atoms with E-state index in [1.807, 2.05) is 36.4 Å². The molecule has 0 saturated carbocycles. The smallest absolute Gasteiger partial charge is 0.207 e.